The third-order valence-corrected chi connectivity index (χ3v) is 4.48. The Hall–Kier alpha value is -1.18. The molecule has 0 aromatic heterocycles. The van der Waals surface area contributed by atoms with Gasteiger partial charge in [-0.15, -0.1) is 11.8 Å². The first-order chi connectivity index (χ1) is 10.1. The van der Waals surface area contributed by atoms with Crippen molar-refractivity contribution >= 4 is 41.1 Å². The van der Waals surface area contributed by atoms with Crippen LogP contribution in [-0.2, 0) is 14.3 Å². The summed E-state index contributed by atoms with van der Waals surface area (Å²) in [5.41, 5.74) is 6.44. The minimum atomic E-state index is -0.622. The number of nitrogens with two attached hydrogens (primary N) is 1. The van der Waals surface area contributed by atoms with Gasteiger partial charge in [0.05, 0.1) is 18.6 Å². The van der Waals surface area contributed by atoms with Crippen LogP contribution in [0.1, 0.15) is 6.42 Å². The van der Waals surface area contributed by atoms with E-state index in [4.69, 9.17) is 5.73 Å². The molecule has 1 aromatic rings. The van der Waals surface area contributed by atoms with Crippen LogP contribution in [-0.4, -0.2) is 42.8 Å². The molecule has 0 saturated carbocycles. The number of hydrogen-bond acceptors (Lipinski definition) is 6. The number of thioether (sulfide) groups is 2. The minimum absolute atomic E-state index is 0.0619. The molecule has 0 heterocycles. The van der Waals surface area contributed by atoms with E-state index >= 15 is 0 Å². The van der Waals surface area contributed by atoms with Gasteiger partial charge in [0.1, 0.15) is 6.04 Å². The summed E-state index contributed by atoms with van der Waals surface area (Å²) in [6, 6.07) is 7.04. The molecule has 1 aromatic carbocycles. The van der Waals surface area contributed by atoms with E-state index in [1.807, 2.05) is 30.5 Å². The van der Waals surface area contributed by atoms with Crippen LogP contribution >= 0.6 is 23.5 Å². The molecule has 5 nitrogen and oxygen atoms in total. The van der Waals surface area contributed by atoms with Gasteiger partial charge in [0.15, 0.2) is 0 Å². The van der Waals surface area contributed by atoms with Gasteiger partial charge in [-0.1, -0.05) is 12.1 Å². The van der Waals surface area contributed by atoms with Crippen LogP contribution in [0.15, 0.2) is 29.2 Å². The van der Waals surface area contributed by atoms with Gasteiger partial charge < -0.3 is 15.8 Å². The van der Waals surface area contributed by atoms with Gasteiger partial charge in [-0.05, 0) is 30.6 Å². The monoisotopic (exact) mass is 328 g/mol. The van der Waals surface area contributed by atoms with Gasteiger partial charge in [-0.2, -0.15) is 11.8 Å². The molecule has 0 saturated heterocycles. The number of esters is 1. The Bertz CT molecular complexity index is 483. The van der Waals surface area contributed by atoms with Crippen molar-refractivity contribution in [1.82, 2.24) is 0 Å². The maximum Gasteiger partial charge on any atom is 0.322 e. The number of rotatable bonds is 8. The summed E-state index contributed by atoms with van der Waals surface area (Å²) >= 11 is 3.03. The van der Waals surface area contributed by atoms with E-state index in [9.17, 15) is 9.59 Å². The molecule has 21 heavy (non-hydrogen) atoms. The number of anilines is 1. The lowest BCUT2D eigenvalue weighted by atomic mass is 10.2. The lowest BCUT2D eigenvalue weighted by molar-refractivity contribution is -0.142. The first-order valence-electron chi connectivity index (χ1n) is 6.42. The molecule has 1 rings (SSSR count). The van der Waals surface area contributed by atoms with Crippen LogP contribution in [0.2, 0.25) is 0 Å². The highest BCUT2D eigenvalue weighted by molar-refractivity contribution is 8.00. The van der Waals surface area contributed by atoms with Crippen LogP contribution in [0.25, 0.3) is 0 Å². The molecule has 0 aliphatic heterocycles. The van der Waals surface area contributed by atoms with E-state index in [1.165, 1.54) is 18.9 Å². The van der Waals surface area contributed by atoms with Gasteiger partial charge in [0, 0.05) is 4.90 Å². The summed E-state index contributed by atoms with van der Waals surface area (Å²) in [6.07, 6.45) is 2.46. The second kappa shape index (κ2) is 9.70. The van der Waals surface area contributed by atoms with Gasteiger partial charge in [0.2, 0.25) is 5.91 Å². The molecule has 0 fully saturated rings. The highest BCUT2D eigenvalue weighted by Gasteiger charge is 2.13. The molecule has 0 aliphatic carbocycles. The number of ether oxygens (including phenoxy) is 1. The van der Waals surface area contributed by atoms with Crippen LogP contribution in [0.3, 0.4) is 0 Å². The number of para-hydroxylation sites is 1. The Morgan fingerprint density at radius 1 is 1.38 bits per heavy atom. The van der Waals surface area contributed by atoms with E-state index in [-0.39, 0.29) is 5.91 Å². The molecule has 0 aliphatic rings. The smallest absolute Gasteiger partial charge is 0.322 e. The molecule has 1 unspecified atom stereocenters. The standard InChI is InChI=1S/C14H20N2O3S2/c1-19-14(18)10(15)7-8-21-9-13(17)16-11-5-3-4-6-12(11)20-2/h3-6,10H,7-9,15H2,1-2H3,(H,16,17). The van der Waals surface area contributed by atoms with Crippen molar-refractivity contribution in [1.29, 1.82) is 0 Å². The number of benzene rings is 1. The zero-order valence-electron chi connectivity index (χ0n) is 12.1. The molecule has 1 amide bonds. The van der Waals surface area contributed by atoms with Crippen LogP contribution in [0.5, 0.6) is 0 Å². The van der Waals surface area contributed by atoms with Gasteiger partial charge in [0.25, 0.3) is 0 Å². The SMILES string of the molecule is COC(=O)C(N)CCSCC(=O)Nc1ccccc1SC. The largest absolute Gasteiger partial charge is 0.468 e. The average Bonchev–Trinajstić information content (AvgIpc) is 2.51. The Labute approximate surface area is 133 Å². The summed E-state index contributed by atoms with van der Waals surface area (Å²) in [7, 11) is 1.31. The summed E-state index contributed by atoms with van der Waals surface area (Å²) in [5.74, 6) is 0.479. The van der Waals surface area contributed by atoms with Crippen molar-refractivity contribution in [2.75, 3.05) is 30.2 Å². The molecule has 1 atom stereocenters. The number of carbonyl (C=O) groups is 2. The molecular formula is C14H20N2O3S2. The molecule has 0 bridgehead atoms. The van der Waals surface area contributed by atoms with E-state index in [0.29, 0.717) is 17.9 Å². The lowest BCUT2D eigenvalue weighted by Gasteiger charge is -2.10. The first kappa shape index (κ1) is 17.9. The zero-order chi connectivity index (χ0) is 15.7. The molecule has 0 spiro atoms. The van der Waals surface area contributed by atoms with E-state index < -0.39 is 12.0 Å². The lowest BCUT2D eigenvalue weighted by Crippen LogP contribution is -2.32. The van der Waals surface area contributed by atoms with Crippen molar-refractivity contribution in [3.8, 4) is 0 Å². The second-order valence-electron chi connectivity index (χ2n) is 4.22. The van der Waals surface area contributed by atoms with Crippen LogP contribution in [0.4, 0.5) is 5.69 Å². The predicted molar refractivity (Wildman–Crippen MR) is 88.8 cm³/mol. The highest BCUT2D eigenvalue weighted by atomic mass is 32.2. The molecule has 3 N–H and O–H groups in total. The van der Waals surface area contributed by atoms with Crippen molar-refractivity contribution in [3.63, 3.8) is 0 Å². The highest BCUT2D eigenvalue weighted by Crippen LogP contribution is 2.24. The molecular weight excluding hydrogens is 308 g/mol. The Balaban J connectivity index is 2.30. The van der Waals surface area contributed by atoms with Gasteiger partial charge >= 0.3 is 5.97 Å². The quantitative estimate of drug-likeness (QED) is 0.431. The number of hydrogen-bond donors (Lipinski definition) is 2. The van der Waals surface area contributed by atoms with Crippen LogP contribution < -0.4 is 11.1 Å². The second-order valence-corrected chi connectivity index (χ2v) is 6.17. The Kier molecular flexibility index (Phi) is 8.26. The Morgan fingerprint density at radius 2 is 2.10 bits per heavy atom. The number of nitrogens with one attached hydrogen (secondary N) is 1. The third-order valence-electron chi connectivity index (χ3n) is 2.69. The fourth-order valence-corrected chi connectivity index (χ4v) is 2.95. The normalized spacial score (nSPS) is 11.8. The summed E-state index contributed by atoms with van der Waals surface area (Å²) in [5, 5.41) is 2.88. The number of amides is 1. The molecule has 7 heteroatoms. The fraction of sp³-hybridized carbons (Fsp3) is 0.429. The van der Waals surface area contributed by atoms with Crippen LogP contribution in [0, 0.1) is 0 Å². The summed E-state index contributed by atoms with van der Waals surface area (Å²) < 4.78 is 4.54. The number of carbonyl (C=O) groups excluding carboxylic acids is 2. The summed E-state index contributed by atoms with van der Waals surface area (Å²) in [4.78, 5) is 24.0. The average molecular weight is 328 g/mol. The topological polar surface area (TPSA) is 81.4 Å². The fourth-order valence-electron chi connectivity index (χ4n) is 1.58. The number of methoxy groups -OCH3 is 1. The van der Waals surface area contributed by atoms with Gasteiger partial charge in [-0.25, -0.2) is 0 Å². The van der Waals surface area contributed by atoms with Crippen molar-refractivity contribution in [3.05, 3.63) is 24.3 Å². The maximum absolute atomic E-state index is 11.9. The van der Waals surface area contributed by atoms with E-state index in [2.05, 4.69) is 10.1 Å². The maximum atomic E-state index is 11.9. The minimum Gasteiger partial charge on any atom is -0.468 e. The van der Waals surface area contributed by atoms with Crippen molar-refractivity contribution in [2.24, 2.45) is 5.73 Å². The van der Waals surface area contributed by atoms with E-state index in [1.54, 1.807) is 11.8 Å². The predicted octanol–water partition coefficient (Wildman–Crippen LogP) is 1.97. The third kappa shape index (κ3) is 6.41. The van der Waals surface area contributed by atoms with Gasteiger partial charge in [-0.3, -0.25) is 9.59 Å². The van der Waals surface area contributed by atoms with E-state index in [0.717, 1.165) is 10.6 Å². The molecule has 0 radical (unpaired) electrons. The summed E-state index contributed by atoms with van der Waals surface area (Å²) in [6.45, 7) is 0. The van der Waals surface area contributed by atoms with Crippen molar-refractivity contribution in [2.45, 2.75) is 17.4 Å². The first-order valence-corrected chi connectivity index (χ1v) is 8.80. The van der Waals surface area contributed by atoms with Crippen molar-refractivity contribution < 1.29 is 14.3 Å². The molecule has 116 valence electrons. The Morgan fingerprint density at radius 3 is 2.76 bits per heavy atom. The zero-order valence-corrected chi connectivity index (χ0v) is 13.8.